The third-order valence-corrected chi connectivity index (χ3v) is 11.9. The maximum Gasteiger partial charge on any atom is -0.00201 e. The van der Waals surface area contributed by atoms with E-state index in [1.807, 2.05) is 0 Å². The largest absolute Gasteiger partial charge is 0.0622 e. The van der Waals surface area contributed by atoms with Gasteiger partial charge in [0.1, 0.15) is 0 Å². The van der Waals surface area contributed by atoms with Crippen LogP contribution in [-0.4, -0.2) is 0 Å². The molecule has 0 bridgehead atoms. The summed E-state index contributed by atoms with van der Waals surface area (Å²) in [6.45, 7) is 0. The van der Waals surface area contributed by atoms with Crippen LogP contribution in [0.4, 0.5) is 0 Å². The molecule has 58 heavy (non-hydrogen) atoms. The van der Waals surface area contributed by atoms with Crippen LogP contribution in [0.3, 0.4) is 0 Å². The first-order valence-electron chi connectivity index (χ1n) is 20.1. The smallest absolute Gasteiger partial charge is 0.00201 e. The molecule has 0 spiro atoms. The molecule has 11 rings (SSSR count). The highest BCUT2D eigenvalue weighted by Crippen LogP contribution is 2.48. The minimum Gasteiger partial charge on any atom is -0.0622 e. The Kier molecular flexibility index (Phi) is 8.26. The second kappa shape index (κ2) is 14.2. The molecule has 11 aromatic carbocycles. The lowest BCUT2D eigenvalue weighted by molar-refractivity contribution is 1.57. The van der Waals surface area contributed by atoms with Crippen molar-refractivity contribution in [2.75, 3.05) is 0 Å². The summed E-state index contributed by atoms with van der Waals surface area (Å²) >= 11 is 0. The maximum atomic E-state index is 2.47. The summed E-state index contributed by atoms with van der Waals surface area (Å²) in [4.78, 5) is 0. The molecule has 270 valence electrons. The molecule has 0 atom stereocenters. The number of rotatable bonds is 6. The Bertz CT molecular complexity index is 3260. The Labute approximate surface area is 339 Å². The van der Waals surface area contributed by atoms with Crippen LogP contribution in [0, 0.1) is 0 Å². The third kappa shape index (κ3) is 5.61. The standard InChI is InChI=1S/C58H38/c1-3-18-39(19-4-1)45-25-9-10-26-47(45)54-37-36-41-34-35-43(38-55(41)58(54)49-28-12-11-27-48(49)46-33-17-23-40-20-7-8-24-44(40)46)57-52-31-15-13-29-50(52)56(42-21-5-2-6-22-42)51-30-14-16-32-53(51)57/h1-38H. The van der Waals surface area contributed by atoms with Crippen molar-refractivity contribution < 1.29 is 0 Å². The first-order chi connectivity index (χ1) is 28.8. The van der Waals surface area contributed by atoms with E-state index in [-0.39, 0.29) is 0 Å². The van der Waals surface area contributed by atoms with Crippen molar-refractivity contribution in [2.45, 2.75) is 0 Å². The second-order valence-electron chi connectivity index (χ2n) is 15.1. The average molecular weight is 735 g/mol. The maximum absolute atomic E-state index is 2.47. The monoisotopic (exact) mass is 734 g/mol. The zero-order chi connectivity index (χ0) is 38.4. The van der Waals surface area contributed by atoms with Crippen LogP contribution in [0.1, 0.15) is 0 Å². The first-order valence-corrected chi connectivity index (χ1v) is 20.1. The number of benzene rings is 11. The van der Waals surface area contributed by atoms with Gasteiger partial charge in [-0.2, -0.15) is 0 Å². The first kappa shape index (κ1) is 33.8. The lowest BCUT2D eigenvalue weighted by Crippen LogP contribution is -1.95. The molecule has 0 N–H and O–H groups in total. The van der Waals surface area contributed by atoms with E-state index >= 15 is 0 Å². The Morgan fingerprint density at radius 1 is 0.172 bits per heavy atom. The zero-order valence-corrected chi connectivity index (χ0v) is 31.9. The van der Waals surface area contributed by atoms with E-state index in [9.17, 15) is 0 Å². The van der Waals surface area contributed by atoms with Gasteiger partial charge in [-0.15, -0.1) is 0 Å². The van der Waals surface area contributed by atoms with Crippen LogP contribution in [0.15, 0.2) is 231 Å². The zero-order valence-electron chi connectivity index (χ0n) is 31.9. The summed E-state index contributed by atoms with van der Waals surface area (Å²) in [6, 6.07) is 84.6. The van der Waals surface area contributed by atoms with Gasteiger partial charge in [0.15, 0.2) is 0 Å². The van der Waals surface area contributed by atoms with Gasteiger partial charge >= 0.3 is 0 Å². The molecule has 0 aliphatic rings. The number of fused-ring (bicyclic) bond motifs is 4. The van der Waals surface area contributed by atoms with Crippen LogP contribution in [0.2, 0.25) is 0 Å². The molecule has 0 nitrogen and oxygen atoms in total. The van der Waals surface area contributed by atoms with Gasteiger partial charge in [0, 0.05) is 0 Å². The Morgan fingerprint density at radius 2 is 0.603 bits per heavy atom. The summed E-state index contributed by atoms with van der Waals surface area (Å²) in [5.41, 5.74) is 14.7. The minimum absolute atomic E-state index is 1.21. The van der Waals surface area contributed by atoms with Crippen molar-refractivity contribution in [3.63, 3.8) is 0 Å². The van der Waals surface area contributed by atoms with Gasteiger partial charge < -0.3 is 0 Å². The van der Waals surface area contributed by atoms with Crippen molar-refractivity contribution in [3.05, 3.63) is 231 Å². The van der Waals surface area contributed by atoms with E-state index in [4.69, 9.17) is 0 Å². The number of hydrogen-bond donors (Lipinski definition) is 0. The highest BCUT2D eigenvalue weighted by molar-refractivity contribution is 6.22. The van der Waals surface area contributed by atoms with E-state index in [1.165, 1.54) is 110 Å². The van der Waals surface area contributed by atoms with Crippen molar-refractivity contribution in [1.82, 2.24) is 0 Å². The van der Waals surface area contributed by atoms with Gasteiger partial charge in [-0.05, 0) is 116 Å². The summed E-state index contributed by atoms with van der Waals surface area (Å²) in [6.07, 6.45) is 0. The third-order valence-electron chi connectivity index (χ3n) is 11.9. The molecule has 0 aliphatic heterocycles. The Balaban J connectivity index is 1.25. The van der Waals surface area contributed by atoms with Gasteiger partial charge in [0.05, 0.1) is 0 Å². The molecule has 0 saturated carbocycles. The molecular weight excluding hydrogens is 697 g/mol. The average Bonchev–Trinajstić information content (AvgIpc) is 3.30. The predicted octanol–water partition coefficient (Wildman–Crippen LogP) is 16.3. The van der Waals surface area contributed by atoms with Crippen LogP contribution in [0.5, 0.6) is 0 Å². The minimum atomic E-state index is 1.21. The van der Waals surface area contributed by atoms with Crippen molar-refractivity contribution in [1.29, 1.82) is 0 Å². The topological polar surface area (TPSA) is 0 Å². The fourth-order valence-electron chi connectivity index (χ4n) is 9.33. The van der Waals surface area contributed by atoms with Crippen LogP contribution in [0.25, 0.3) is 110 Å². The normalized spacial score (nSPS) is 11.4. The SMILES string of the molecule is c1ccc(-c2ccccc2-c2ccc3ccc(-c4c5ccccc5c(-c5ccccc5)c5ccccc45)cc3c2-c2ccccc2-c2cccc3ccccc23)cc1. The summed E-state index contributed by atoms with van der Waals surface area (Å²) in [7, 11) is 0. The lowest BCUT2D eigenvalue weighted by Gasteiger charge is -2.21. The van der Waals surface area contributed by atoms with E-state index in [1.54, 1.807) is 0 Å². The highest BCUT2D eigenvalue weighted by Gasteiger charge is 2.21. The van der Waals surface area contributed by atoms with E-state index < -0.39 is 0 Å². The van der Waals surface area contributed by atoms with Crippen LogP contribution in [-0.2, 0) is 0 Å². The summed E-state index contributed by atoms with van der Waals surface area (Å²) in [5, 5.41) is 9.95. The molecule has 11 aromatic rings. The van der Waals surface area contributed by atoms with Gasteiger partial charge in [-0.1, -0.05) is 224 Å². The fraction of sp³-hybridized carbons (Fsp3) is 0. The molecule has 0 aliphatic carbocycles. The van der Waals surface area contributed by atoms with Crippen LogP contribution < -0.4 is 0 Å². The highest BCUT2D eigenvalue weighted by atomic mass is 14.2. The molecule has 0 heteroatoms. The predicted molar refractivity (Wildman–Crippen MR) is 249 cm³/mol. The molecule has 0 aromatic heterocycles. The molecule has 0 unspecified atom stereocenters. The molecule has 0 amide bonds. The fourth-order valence-corrected chi connectivity index (χ4v) is 9.33. The molecule has 0 saturated heterocycles. The lowest BCUT2D eigenvalue weighted by atomic mass is 9.82. The van der Waals surface area contributed by atoms with Crippen molar-refractivity contribution in [3.8, 4) is 66.8 Å². The van der Waals surface area contributed by atoms with E-state index in [0.29, 0.717) is 0 Å². The van der Waals surface area contributed by atoms with Gasteiger partial charge in [-0.25, -0.2) is 0 Å². The van der Waals surface area contributed by atoms with E-state index in [0.717, 1.165) is 0 Å². The quantitative estimate of drug-likeness (QED) is 0.149. The molecule has 0 fully saturated rings. The summed E-state index contributed by atoms with van der Waals surface area (Å²) < 4.78 is 0. The van der Waals surface area contributed by atoms with Crippen molar-refractivity contribution in [2.24, 2.45) is 0 Å². The molecule has 0 radical (unpaired) electrons. The summed E-state index contributed by atoms with van der Waals surface area (Å²) in [5.74, 6) is 0. The van der Waals surface area contributed by atoms with Crippen molar-refractivity contribution >= 4 is 43.1 Å². The van der Waals surface area contributed by atoms with Gasteiger partial charge in [0.25, 0.3) is 0 Å². The Morgan fingerprint density at radius 3 is 1.26 bits per heavy atom. The van der Waals surface area contributed by atoms with Gasteiger partial charge in [0.2, 0.25) is 0 Å². The van der Waals surface area contributed by atoms with E-state index in [2.05, 4.69) is 231 Å². The van der Waals surface area contributed by atoms with Crippen LogP contribution >= 0.6 is 0 Å². The molecular formula is C58H38. The van der Waals surface area contributed by atoms with Gasteiger partial charge in [-0.3, -0.25) is 0 Å². The number of hydrogen-bond acceptors (Lipinski definition) is 0. The molecule has 0 heterocycles. The second-order valence-corrected chi connectivity index (χ2v) is 15.1. The Hall–Kier alpha value is -7.54.